The Morgan fingerprint density at radius 2 is 1.92 bits per heavy atom. The number of nitrogens with zero attached hydrogens (tertiary/aromatic N) is 3. The van der Waals surface area contributed by atoms with Crippen LogP contribution in [0.3, 0.4) is 0 Å². The number of hydrogen-bond acceptors (Lipinski definition) is 5. The van der Waals surface area contributed by atoms with E-state index in [1.807, 2.05) is 29.6 Å². The first-order valence-corrected chi connectivity index (χ1v) is 8.40. The molecule has 4 rings (SSSR count). The van der Waals surface area contributed by atoms with Crippen LogP contribution in [-0.4, -0.2) is 16.2 Å². The van der Waals surface area contributed by atoms with Crippen LogP contribution in [0.4, 0.5) is 5.13 Å². The molecule has 2 aromatic carbocycles. The number of rotatable bonds is 4. The first-order valence-electron chi connectivity index (χ1n) is 7.52. The summed E-state index contributed by atoms with van der Waals surface area (Å²) in [6, 6.07) is 18.5. The van der Waals surface area contributed by atoms with E-state index in [1.165, 1.54) is 22.1 Å². The van der Waals surface area contributed by atoms with Crippen LogP contribution in [0, 0.1) is 0 Å². The summed E-state index contributed by atoms with van der Waals surface area (Å²) in [7, 11) is 0. The van der Waals surface area contributed by atoms with Crippen LogP contribution in [-0.2, 0) is 0 Å². The fourth-order valence-electron chi connectivity index (χ4n) is 2.42. The van der Waals surface area contributed by atoms with E-state index in [-0.39, 0.29) is 0 Å². The van der Waals surface area contributed by atoms with Gasteiger partial charge in [-0.15, -0.1) is 11.3 Å². The standard InChI is InChI=1S/C19H14N4S/c1-2-6-16-10-17(8-7-15(16)5-1)18-13-24-19(22-18)23-21-12-14-4-3-9-20-11-14/h1-13H,(H,22,23)/b21-12+. The van der Waals surface area contributed by atoms with Gasteiger partial charge < -0.3 is 0 Å². The molecule has 4 aromatic rings. The fourth-order valence-corrected chi connectivity index (χ4v) is 3.09. The van der Waals surface area contributed by atoms with Crippen LogP contribution in [0.15, 0.2) is 77.5 Å². The van der Waals surface area contributed by atoms with E-state index in [9.17, 15) is 0 Å². The highest BCUT2D eigenvalue weighted by Crippen LogP contribution is 2.27. The molecule has 0 saturated carbocycles. The lowest BCUT2D eigenvalue weighted by Gasteiger charge is -2.00. The molecule has 5 heteroatoms. The molecule has 0 aliphatic rings. The van der Waals surface area contributed by atoms with E-state index in [0.29, 0.717) is 0 Å². The Bertz CT molecular complexity index is 992. The minimum Gasteiger partial charge on any atom is -0.264 e. The van der Waals surface area contributed by atoms with Crippen molar-refractivity contribution in [3.8, 4) is 11.3 Å². The van der Waals surface area contributed by atoms with E-state index in [2.05, 4.69) is 50.8 Å². The van der Waals surface area contributed by atoms with Crippen molar-refractivity contribution in [1.82, 2.24) is 9.97 Å². The third kappa shape index (κ3) is 3.16. The second-order valence-electron chi connectivity index (χ2n) is 5.26. The van der Waals surface area contributed by atoms with Gasteiger partial charge in [0, 0.05) is 28.9 Å². The van der Waals surface area contributed by atoms with E-state index in [4.69, 9.17) is 0 Å². The van der Waals surface area contributed by atoms with Crippen molar-refractivity contribution in [3.63, 3.8) is 0 Å². The molecular formula is C19H14N4S. The average Bonchev–Trinajstić information content (AvgIpc) is 3.11. The average molecular weight is 330 g/mol. The maximum atomic E-state index is 4.60. The summed E-state index contributed by atoms with van der Waals surface area (Å²) in [5.74, 6) is 0. The number of benzene rings is 2. The van der Waals surface area contributed by atoms with Gasteiger partial charge in [-0.2, -0.15) is 5.10 Å². The summed E-state index contributed by atoms with van der Waals surface area (Å²) >= 11 is 1.53. The normalized spacial score (nSPS) is 11.2. The molecule has 24 heavy (non-hydrogen) atoms. The predicted molar refractivity (Wildman–Crippen MR) is 101 cm³/mol. The van der Waals surface area contributed by atoms with Crippen LogP contribution in [0.1, 0.15) is 5.56 Å². The van der Waals surface area contributed by atoms with Gasteiger partial charge in [0.15, 0.2) is 0 Å². The van der Waals surface area contributed by atoms with Gasteiger partial charge in [-0.3, -0.25) is 10.4 Å². The molecule has 2 heterocycles. The SMILES string of the molecule is C(=N\Nc1nc(-c2ccc3ccccc3c2)cs1)/c1cccnc1. The number of thiazole rings is 1. The molecule has 1 N–H and O–H groups in total. The molecule has 0 aliphatic heterocycles. The van der Waals surface area contributed by atoms with Gasteiger partial charge in [-0.1, -0.05) is 42.5 Å². The Labute approximate surface area is 143 Å². The maximum Gasteiger partial charge on any atom is 0.203 e. The zero-order chi connectivity index (χ0) is 16.2. The van der Waals surface area contributed by atoms with Crippen molar-refractivity contribution < 1.29 is 0 Å². The van der Waals surface area contributed by atoms with Crippen LogP contribution < -0.4 is 5.43 Å². The Morgan fingerprint density at radius 3 is 2.79 bits per heavy atom. The van der Waals surface area contributed by atoms with Crippen molar-refractivity contribution >= 4 is 33.5 Å². The quantitative estimate of drug-likeness (QED) is 0.432. The minimum atomic E-state index is 0.762. The molecule has 0 amide bonds. The van der Waals surface area contributed by atoms with Crippen molar-refractivity contribution in [2.75, 3.05) is 5.43 Å². The zero-order valence-electron chi connectivity index (χ0n) is 12.8. The zero-order valence-corrected chi connectivity index (χ0v) is 13.6. The highest BCUT2D eigenvalue weighted by atomic mass is 32.1. The maximum absolute atomic E-state index is 4.60. The highest BCUT2D eigenvalue weighted by Gasteiger charge is 2.04. The van der Waals surface area contributed by atoms with E-state index in [1.54, 1.807) is 18.6 Å². The van der Waals surface area contributed by atoms with Crippen LogP contribution in [0.5, 0.6) is 0 Å². The second-order valence-corrected chi connectivity index (χ2v) is 6.11. The summed E-state index contributed by atoms with van der Waals surface area (Å²) in [4.78, 5) is 8.64. The van der Waals surface area contributed by atoms with Crippen molar-refractivity contribution in [2.45, 2.75) is 0 Å². The highest BCUT2D eigenvalue weighted by molar-refractivity contribution is 7.14. The van der Waals surface area contributed by atoms with Gasteiger partial charge in [-0.25, -0.2) is 4.98 Å². The monoisotopic (exact) mass is 330 g/mol. The number of fused-ring (bicyclic) bond motifs is 1. The van der Waals surface area contributed by atoms with Crippen LogP contribution in [0.25, 0.3) is 22.0 Å². The Hall–Kier alpha value is -3.05. The number of hydrogen-bond donors (Lipinski definition) is 1. The van der Waals surface area contributed by atoms with Gasteiger partial charge in [-0.05, 0) is 22.9 Å². The molecule has 0 atom stereocenters. The molecule has 2 aromatic heterocycles. The molecular weight excluding hydrogens is 316 g/mol. The summed E-state index contributed by atoms with van der Waals surface area (Å²) in [6.45, 7) is 0. The number of anilines is 1. The summed E-state index contributed by atoms with van der Waals surface area (Å²) in [5.41, 5.74) is 5.97. The topological polar surface area (TPSA) is 50.2 Å². The minimum absolute atomic E-state index is 0.762. The summed E-state index contributed by atoms with van der Waals surface area (Å²) in [6.07, 6.45) is 5.22. The first-order chi connectivity index (χ1) is 11.9. The molecule has 0 spiro atoms. The number of pyridine rings is 1. The van der Waals surface area contributed by atoms with Crippen LogP contribution >= 0.6 is 11.3 Å². The van der Waals surface area contributed by atoms with Crippen molar-refractivity contribution in [3.05, 3.63) is 77.9 Å². The van der Waals surface area contributed by atoms with Gasteiger partial charge in [0.1, 0.15) is 0 Å². The smallest absolute Gasteiger partial charge is 0.203 e. The summed E-state index contributed by atoms with van der Waals surface area (Å²) in [5, 5.41) is 9.45. The lowest BCUT2D eigenvalue weighted by Crippen LogP contribution is -1.90. The molecule has 4 nitrogen and oxygen atoms in total. The largest absolute Gasteiger partial charge is 0.264 e. The third-order valence-electron chi connectivity index (χ3n) is 3.61. The second kappa shape index (κ2) is 6.60. The van der Waals surface area contributed by atoms with Crippen LogP contribution in [0.2, 0.25) is 0 Å². The Balaban J connectivity index is 1.52. The molecule has 116 valence electrons. The summed E-state index contributed by atoms with van der Waals surface area (Å²) < 4.78 is 0. The van der Waals surface area contributed by atoms with Gasteiger partial charge in [0.05, 0.1) is 11.9 Å². The molecule has 0 radical (unpaired) electrons. The predicted octanol–water partition coefficient (Wildman–Crippen LogP) is 4.80. The van der Waals surface area contributed by atoms with E-state index in [0.717, 1.165) is 22.0 Å². The molecule has 0 fully saturated rings. The number of aromatic nitrogens is 2. The van der Waals surface area contributed by atoms with Crippen molar-refractivity contribution in [2.24, 2.45) is 5.10 Å². The molecule has 0 saturated heterocycles. The third-order valence-corrected chi connectivity index (χ3v) is 4.35. The fraction of sp³-hybridized carbons (Fsp3) is 0. The lowest BCUT2D eigenvalue weighted by atomic mass is 10.1. The molecule has 0 bridgehead atoms. The van der Waals surface area contributed by atoms with E-state index < -0.39 is 0 Å². The van der Waals surface area contributed by atoms with Gasteiger partial charge in [0.2, 0.25) is 5.13 Å². The van der Waals surface area contributed by atoms with Crippen molar-refractivity contribution in [1.29, 1.82) is 0 Å². The van der Waals surface area contributed by atoms with E-state index >= 15 is 0 Å². The first kappa shape index (κ1) is 14.5. The molecule has 0 unspecified atom stereocenters. The number of nitrogens with one attached hydrogen (secondary N) is 1. The molecule has 0 aliphatic carbocycles. The lowest BCUT2D eigenvalue weighted by molar-refractivity contribution is 1.28. The Morgan fingerprint density at radius 1 is 1.00 bits per heavy atom. The van der Waals surface area contributed by atoms with Gasteiger partial charge >= 0.3 is 0 Å². The number of hydrazone groups is 1. The Kier molecular flexibility index (Phi) is 4.00. The van der Waals surface area contributed by atoms with Gasteiger partial charge in [0.25, 0.3) is 0 Å².